The molecular formula is C26H26FN3O3. The molecule has 2 fully saturated rings. The summed E-state index contributed by atoms with van der Waals surface area (Å²) in [6.45, 7) is 3.72. The molecule has 3 aromatic rings. The summed E-state index contributed by atoms with van der Waals surface area (Å²) in [5.41, 5.74) is 2.45. The van der Waals surface area contributed by atoms with Gasteiger partial charge in [0.05, 0.1) is 12.2 Å². The van der Waals surface area contributed by atoms with Gasteiger partial charge in [-0.2, -0.15) is 0 Å². The summed E-state index contributed by atoms with van der Waals surface area (Å²) in [5.74, 6) is 0.529. The van der Waals surface area contributed by atoms with Crippen molar-refractivity contribution in [3.63, 3.8) is 0 Å². The normalized spacial score (nSPS) is 20.4. The van der Waals surface area contributed by atoms with E-state index in [1.165, 1.54) is 12.1 Å². The fraction of sp³-hybridized carbons (Fsp3) is 0.308. The van der Waals surface area contributed by atoms with Crippen LogP contribution in [0, 0.1) is 5.82 Å². The predicted octanol–water partition coefficient (Wildman–Crippen LogP) is 4.40. The van der Waals surface area contributed by atoms with Crippen LogP contribution in [0.5, 0.6) is 5.75 Å². The molecule has 1 amide bonds. The molecule has 0 N–H and O–H groups in total. The van der Waals surface area contributed by atoms with Gasteiger partial charge in [0.1, 0.15) is 23.8 Å². The second-order valence-electron chi connectivity index (χ2n) is 8.75. The second kappa shape index (κ2) is 9.19. The molecule has 3 heterocycles. The number of hydrogen-bond donors (Lipinski definition) is 0. The maximum Gasteiger partial charge on any atom is 0.410 e. The molecule has 0 radical (unpaired) electrons. The number of ether oxygens (including phenoxy) is 2. The van der Waals surface area contributed by atoms with Crippen LogP contribution >= 0.6 is 0 Å². The lowest BCUT2D eigenvalue weighted by atomic mass is 10.0. The van der Waals surface area contributed by atoms with Gasteiger partial charge in [0.25, 0.3) is 0 Å². The summed E-state index contributed by atoms with van der Waals surface area (Å²) < 4.78 is 24.9. The van der Waals surface area contributed by atoms with E-state index in [-0.39, 0.29) is 11.9 Å². The van der Waals surface area contributed by atoms with Gasteiger partial charge in [-0.25, -0.2) is 9.18 Å². The molecule has 0 unspecified atom stereocenters. The molecule has 5 rings (SSSR count). The lowest BCUT2D eigenvalue weighted by Gasteiger charge is -2.22. The number of carbonyl (C=O) groups is 1. The Balaban J connectivity index is 1.17. The van der Waals surface area contributed by atoms with Crippen LogP contribution in [-0.4, -0.2) is 46.1 Å². The molecule has 7 heteroatoms. The zero-order valence-corrected chi connectivity index (χ0v) is 18.3. The average Bonchev–Trinajstić information content (AvgIpc) is 3.35. The van der Waals surface area contributed by atoms with E-state index in [4.69, 9.17) is 9.47 Å². The molecule has 1 atom stereocenters. The molecule has 0 bridgehead atoms. The summed E-state index contributed by atoms with van der Waals surface area (Å²) in [5, 5.41) is 0. The van der Waals surface area contributed by atoms with Crippen LogP contribution in [0.1, 0.15) is 23.2 Å². The van der Waals surface area contributed by atoms with Crippen LogP contribution < -0.4 is 4.74 Å². The van der Waals surface area contributed by atoms with Crippen molar-refractivity contribution in [1.82, 2.24) is 14.8 Å². The van der Waals surface area contributed by atoms with Crippen molar-refractivity contribution in [2.24, 2.45) is 0 Å². The van der Waals surface area contributed by atoms with Gasteiger partial charge in [-0.3, -0.25) is 14.8 Å². The maximum absolute atomic E-state index is 13.2. The molecule has 0 aliphatic carbocycles. The second-order valence-corrected chi connectivity index (χ2v) is 8.75. The van der Waals surface area contributed by atoms with E-state index < -0.39 is 5.60 Å². The van der Waals surface area contributed by atoms with E-state index >= 15 is 0 Å². The third-order valence-corrected chi connectivity index (χ3v) is 6.14. The molecule has 33 heavy (non-hydrogen) atoms. The standard InChI is InChI=1S/C26H26FN3O3/c27-22-9-7-20(8-10-22)16-30-19-26(33-25(30)31)11-13-29(18-26)15-21-4-3-6-24(14-21)32-17-23-5-1-2-12-28-23/h1-10,12,14H,11,13,15-19H2/t26-/m1/s1. The fourth-order valence-corrected chi connectivity index (χ4v) is 4.53. The Morgan fingerprint density at radius 3 is 2.70 bits per heavy atom. The van der Waals surface area contributed by atoms with Crippen molar-refractivity contribution in [3.05, 3.63) is 95.6 Å². The highest BCUT2D eigenvalue weighted by molar-refractivity contribution is 5.71. The minimum Gasteiger partial charge on any atom is -0.487 e. The van der Waals surface area contributed by atoms with Gasteiger partial charge < -0.3 is 9.47 Å². The smallest absolute Gasteiger partial charge is 0.410 e. The molecule has 170 valence electrons. The highest BCUT2D eigenvalue weighted by Gasteiger charge is 2.49. The summed E-state index contributed by atoms with van der Waals surface area (Å²) in [7, 11) is 0. The summed E-state index contributed by atoms with van der Waals surface area (Å²) in [6, 6.07) is 20.1. The number of carbonyl (C=O) groups excluding carboxylic acids is 1. The zero-order valence-electron chi connectivity index (χ0n) is 18.3. The molecule has 2 aliphatic rings. The number of amides is 1. The van der Waals surface area contributed by atoms with E-state index in [0.717, 1.165) is 42.1 Å². The molecule has 2 saturated heterocycles. The first-order valence-corrected chi connectivity index (χ1v) is 11.1. The van der Waals surface area contributed by atoms with Gasteiger partial charge in [-0.1, -0.05) is 30.3 Å². The van der Waals surface area contributed by atoms with Gasteiger partial charge in [0.15, 0.2) is 0 Å². The molecule has 1 spiro atoms. The third kappa shape index (κ3) is 5.14. The quantitative estimate of drug-likeness (QED) is 0.538. The number of hydrogen-bond acceptors (Lipinski definition) is 5. The van der Waals surface area contributed by atoms with Crippen molar-refractivity contribution in [2.45, 2.75) is 31.7 Å². The van der Waals surface area contributed by atoms with E-state index in [1.807, 2.05) is 30.3 Å². The van der Waals surface area contributed by atoms with Crippen LogP contribution in [0.2, 0.25) is 0 Å². The number of likely N-dealkylation sites (tertiary alicyclic amines) is 1. The average molecular weight is 448 g/mol. The minimum absolute atomic E-state index is 0.281. The summed E-state index contributed by atoms with van der Waals surface area (Å²) in [4.78, 5) is 20.8. The van der Waals surface area contributed by atoms with Crippen LogP contribution in [-0.2, 0) is 24.4 Å². The number of pyridine rings is 1. The molecule has 0 saturated carbocycles. The van der Waals surface area contributed by atoms with E-state index in [0.29, 0.717) is 26.2 Å². The van der Waals surface area contributed by atoms with Crippen LogP contribution in [0.25, 0.3) is 0 Å². The monoisotopic (exact) mass is 447 g/mol. The van der Waals surface area contributed by atoms with Gasteiger partial charge >= 0.3 is 6.09 Å². The number of halogens is 1. The van der Waals surface area contributed by atoms with Crippen LogP contribution in [0.4, 0.5) is 9.18 Å². The van der Waals surface area contributed by atoms with Crippen molar-refractivity contribution < 1.29 is 18.7 Å². The lowest BCUT2D eigenvalue weighted by molar-refractivity contribution is 0.0627. The Labute approximate surface area is 192 Å². The Morgan fingerprint density at radius 1 is 1.00 bits per heavy atom. The van der Waals surface area contributed by atoms with Gasteiger partial charge in [-0.05, 0) is 47.5 Å². The highest BCUT2D eigenvalue weighted by atomic mass is 19.1. The summed E-state index contributed by atoms with van der Waals surface area (Å²) >= 11 is 0. The Hall–Kier alpha value is -3.45. The highest BCUT2D eigenvalue weighted by Crippen LogP contribution is 2.34. The van der Waals surface area contributed by atoms with E-state index in [1.54, 1.807) is 23.2 Å². The van der Waals surface area contributed by atoms with Crippen molar-refractivity contribution in [2.75, 3.05) is 19.6 Å². The first-order chi connectivity index (χ1) is 16.1. The van der Waals surface area contributed by atoms with Crippen molar-refractivity contribution in [3.8, 4) is 5.75 Å². The first kappa shape index (κ1) is 21.4. The largest absolute Gasteiger partial charge is 0.487 e. The minimum atomic E-state index is -0.482. The topological polar surface area (TPSA) is 54.9 Å². The number of nitrogens with zero attached hydrogens (tertiary/aromatic N) is 3. The molecule has 2 aromatic carbocycles. The predicted molar refractivity (Wildman–Crippen MR) is 121 cm³/mol. The summed E-state index contributed by atoms with van der Waals surface area (Å²) in [6.07, 6.45) is 2.26. The zero-order chi connectivity index (χ0) is 22.7. The maximum atomic E-state index is 13.2. The fourth-order valence-electron chi connectivity index (χ4n) is 4.53. The molecule has 1 aromatic heterocycles. The first-order valence-electron chi connectivity index (χ1n) is 11.1. The molecule has 6 nitrogen and oxygen atoms in total. The SMILES string of the molecule is O=C1O[C@@]2(CCN(Cc3cccc(OCc4ccccn4)c3)C2)CN1Cc1ccc(F)cc1. The number of benzene rings is 2. The van der Waals surface area contributed by atoms with Gasteiger partial charge in [0.2, 0.25) is 0 Å². The van der Waals surface area contributed by atoms with Crippen molar-refractivity contribution >= 4 is 6.09 Å². The molecular weight excluding hydrogens is 421 g/mol. The van der Waals surface area contributed by atoms with Crippen LogP contribution in [0.15, 0.2) is 72.9 Å². The van der Waals surface area contributed by atoms with Crippen molar-refractivity contribution in [1.29, 1.82) is 0 Å². The van der Waals surface area contributed by atoms with Gasteiger partial charge in [-0.15, -0.1) is 0 Å². The van der Waals surface area contributed by atoms with E-state index in [9.17, 15) is 9.18 Å². The van der Waals surface area contributed by atoms with Gasteiger partial charge in [0, 0.05) is 38.8 Å². The number of rotatable bonds is 7. The Bertz CT molecular complexity index is 1110. The van der Waals surface area contributed by atoms with Crippen LogP contribution in [0.3, 0.4) is 0 Å². The Kier molecular flexibility index (Phi) is 5.96. The lowest BCUT2D eigenvalue weighted by Crippen LogP contribution is -2.37. The third-order valence-electron chi connectivity index (χ3n) is 6.14. The Morgan fingerprint density at radius 2 is 1.88 bits per heavy atom. The number of aromatic nitrogens is 1. The molecule has 2 aliphatic heterocycles. The van der Waals surface area contributed by atoms with E-state index in [2.05, 4.69) is 22.0 Å².